The van der Waals surface area contributed by atoms with Crippen molar-refractivity contribution < 1.29 is 48.3 Å². The van der Waals surface area contributed by atoms with Crippen LogP contribution in [-0.4, -0.2) is 65.4 Å². The highest BCUT2D eigenvalue weighted by Crippen LogP contribution is 2.60. The van der Waals surface area contributed by atoms with Crippen LogP contribution in [0.4, 0.5) is 0 Å². The van der Waals surface area contributed by atoms with Crippen molar-refractivity contribution in [2.75, 3.05) is 6.54 Å². The average Bonchev–Trinajstić information content (AvgIpc) is 3.22. The standard InChI is InChI=1S/C32H44N2O10/c1-19-11-12-23-20(2)29(41-30-32(23)22(19)15-16-31(3,42-30)43-44-32)40-27(37)14-13-25(35)33-17-7-10-26(36)34-24(28(38)39)18-21-8-5-4-6-9-21/h4-6,8-9,19-20,22-24,29-30H,7,10-18H2,1-3H3,(H,33,35)(H,34,36)(H,38,39)/t19-,20+,22+,23-,24+,29-,30+,31+,32-/m1/s1. The topological polar surface area (TPSA) is 159 Å². The van der Waals surface area contributed by atoms with Gasteiger partial charge in [0.05, 0.1) is 6.42 Å². The Morgan fingerprint density at radius 1 is 1.00 bits per heavy atom. The number of fused-ring (bicyclic) bond motifs is 2. The third kappa shape index (κ3) is 6.93. The van der Waals surface area contributed by atoms with Crippen LogP contribution in [-0.2, 0) is 49.6 Å². The number of aliphatic carboxylic acids is 1. The monoisotopic (exact) mass is 616 g/mol. The Balaban J connectivity index is 1.03. The lowest BCUT2D eigenvalue weighted by Gasteiger charge is -2.59. The first-order chi connectivity index (χ1) is 21.0. The quantitative estimate of drug-likeness (QED) is 0.181. The Bertz CT molecular complexity index is 1210. The van der Waals surface area contributed by atoms with E-state index in [1.165, 1.54) is 0 Å². The molecule has 9 atom stereocenters. The smallest absolute Gasteiger partial charge is 0.326 e. The van der Waals surface area contributed by atoms with E-state index < -0.39 is 47.9 Å². The van der Waals surface area contributed by atoms with E-state index in [1.807, 2.05) is 32.0 Å². The summed E-state index contributed by atoms with van der Waals surface area (Å²) < 4.78 is 18.3. The second kappa shape index (κ2) is 13.5. The number of carbonyl (C=O) groups is 4. The van der Waals surface area contributed by atoms with Gasteiger partial charge in [0, 0.05) is 44.1 Å². The van der Waals surface area contributed by atoms with E-state index in [-0.39, 0.29) is 55.9 Å². The Morgan fingerprint density at radius 3 is 2.52 bits per heavy atom. The van der Waals surface area contributed by atoms with Crippen molar-refractivity contribution in [2.45, 2.75) is 109 Å². The first-order valence-corrected chi connectivity index (χ1v) is 15.7. The van der Waals surface area contributed by atoms with Gasteiger partial charge in [0.25, 0.3) is 0 Å². The number of carbonyl (C=O) groups excluding carboxylic acids is 3. The molecule has 4 aliphatic heterocycles. The van der Waals surface area contributed by atoms with E-state index >= 15 is 0 Å². The molecule has 4 heterocycles. The van der Waals surface area contributed by atoms with Crippen LogP contribution in [0.25, 0.3) is 0 Å². The molecule has 3 N–H and O–H groups in total. The van der Waals surface area contributed by atoms with Crippen LogP contribution in [0.3, 0.4) is 0 Å². The van der Waals surface area contributed by atoms with Crippen molar-refractivity contribution in [3.63, 3.8) is 0 Å². The fraction of sp³-hybridized carbons (Fsp3) is 0.688. The second-order valence-corrected chi connectivity index (χ2v) is 12.9. The number of ether oxygens (including phenoxy) is 3. The van der Waals surface area contributed by atoms with Crippen molar-refractivity contribution in [3.05, 3.63) is 35.9 Å². The van der Waals surface area contributed by atoms with Crippen molar-refractivity contribution in [2.24, 2.45) is 23.7 Å². The Labute approximate surface area is 257 Å². The highest BCUT2D eigenvalue weighted by molar-refractivity contribution is 5.84. The molecule has 12 heteroatoms. The SMILES string of the molecule is C[C@@H]1[C@H](OC(=O)CCC(=O)NCCCC(=O)N[C@@H](Cc2ccccc2)C(=O)O)O[C@H]2O[C@]3(C)CC[C@H]4[C@H](C)CC[C@H]1[C@@]24OO3. The maximum absolute atomic E-state index is 12.8. The summed E-state index contributed by atoms with van der Waals surface area (Å²) in [6, 6.07) is 8.02. The Kier molecular flexibility index (Phi) is 9.93. The van der Waals surface area contributed by atoms with E-state index in [0.717, 1.165) is 24.8 Å². The molecule has 1 saturated carbocycles. The average molecular weight is 617 g/mol. The second-order valence-electron chi connectivity index (χ2n) is 12.9. The van der Waals surface area contributed by atoms with Gasteiger partial charge in [-0.3, -0.25) is 14.4 Å². The number of hydrogen-bond donors (Lipinski definition) is 3. The van der Waals surface area contributed by atoms with Crippen LogP contribution in [0.5, 0.6) is 0 Å². The minimum absolute atomic E-state index is 0.0208. The fourth-order valence-electron chi connectivity index (χ4n) is 7.29. The summed E-state index contributed by atoms with van der Waals surface area (Å²) in [5, 5.41) is 14.7. The predicted molar refractivity (Wildman–Crippen MR) is 154 cm³/mol. The zero-order valence-electron chi connectivity index (χ0n) is 25.6. The molecule has 0 radical (unpaired) electrons. The highest BCUT2D eigenvalue weighted by Gasteiger charge is 2.69. The molecular weight excluding hydrogens is 572 g/mol. The first kappa shape index (κ1) is 32.3. The number of benzene rings is 1. The zero-order valence-corrected chi connectivity index (χ0v) is 25.6. The number of esters is 1. The Hall–Kier alpha value is -3.06. The van der Waals surface area contributed by atoms with Gasteiger partial charge in [-0.25, -0.2) is 14.6 Å². The molecule has 5 aliphatic rings. The summed E-state index contributed by atoms with van der Waals surface area (Å²) in [6.45, 7) is 6.27. The van der Waals surface area contributed by atoms with Gasteiger partial charge in [-0.1, -0.05) is 44.2 Å². The minimum Gasteiger partial charge on any atom is -0.480 e. The van der Waals surface area contributed by atoms with Crippen LogP contribution in [0.1, 0.15) is 77.7 Å². The maximum atomic E-state index is 12.8. The zero-order chi connectivity index (χ0) is 31.5. The molecule has 12 nitrogen and oxygen atoms in total. The van der Waals surface area contributed by atoms with Crippen LogP contribution in [0.15, 0.2) is 30.3 Å². The molecule has 6 rings (SSSR count). The summed E-state index contributed by atoms with van der Waals surface area (Å²) in [5.74, 6) is -2.86. The van der Waals surface area contributed by atoms with Crippen molar-refractivity contribution >= 4 is 23.8 Å². The van der Waals surface area contributed by atoms with Gasteiger partial charge in [-0.15, -0.1) is 0 Å². The third-order valence-electron chi connectivity index (χ3n) is 9.72. The van der Waals surface area contributed by atoms with Gasteiger partial charge < -0.3 is 30.0 Å². The van der Waals surface area contributed by atoms with Crippen molar-refractivity contribution in [3.8, 4) is 0 Å². The van der Waals surface area contributed by atoms with Crippen LogP contribution < -0.4 is 10.6 Å². The number of amides is 2. The summed E-state index contributed by atoms with van der Waals surface area (Å²) in [7, 11) is 0. The fourth-order valence-corrected chi connectivity index (χ4v) is 7.29. The molecule has 1 aromatic carbocycles. The highest BCUT2D eigenvalue weighted by atomic mass is 17.3. The molecule has 5 fully saturated rings. The summed E-state index contributed by atoms with van der Waals surface area (Å²) in [6.07, 6.45) is 2.29. The van der Waals surface area contributed by atoms with E-state index in [2.05, 4.69) is 17.6 Å². The Morgan fingerprint density at radius 2 is 1.77 bits per heavy atom. The van der Waals surface area contributed by atoms with Crippen LogP contribution in [0.2, 0.25) is 0 Å². The molecule has 1 aromatic rings. The van der Waals surface area contributed by atoms with Gasteiger partial charge in [0.15, 0.2) is 11.9 Å². The molecule has 0 aromatic heterocycles. The molecule has 2 bridgehead atoms. The van der Waals surface area contributed by atoms with E-state index in [1.54, 1.807) is 12.1 Å². The van der Waals surface area contributed by atoms with E-state index in [4.69, 9.17) is 24.0 Å². The van der Waals surface area contributed by atoms with Crippen LogP contribution >= 0.6 is 0 Å². The summed E-state index contributed by atoms with van der Waals surface area (Å²) in [5.41, 5.74) is 0.0582. The molecule has 242 valence electrons. The largest absolute Gasteiger partial charge is 0.480 e. The van der Waals surface area contributed by atoms with E-state index in [0.29, 0.717) is 18.8 Å². The van der Waals surface area contributed by atoms with Gasteiger partial charge in [0.2, 0.25) is 23.9 Å². The summed E-state index contributed by atoms with van der Waals surface area (Å²) >= 11 is 0. The van der Waals surface area contributed by atoms with Crippen LogP contribution in [0, 0.1) is 23.7 Å². The first-order valence-electron chi connectivity index (χ1n) is 15.7. The molecular formula is C32H44N2O10. The minimum atomic E-state index is -1.11. The lowest BCUT2D eigenvalue weighted by Crippen LogP contribution is -2.70. The predicted octanol–water partition coefficient (Wildman–Crippen LogP) is 3.23. The molecule has 0 unspecified atom stereocenters. The molecule has 2 amide bonds. The van der Waals surface area contributed by atoms with Gasteiger partial charge in [0.1, 0.15) is 6.04 Å². The van der Waals surface area contributed by atoms with Gasteiger partial charge in [-0.05, 0) is 50.0 Å². The maximum Gasteiger partial charge on any atom is 0.326 e. The number of carboxylic acid groups (broad SMARTS) is 1. The van der Waals surface area contributed by atoms with Gasteiger partial charge >= 0.3 is 11.9 Å². The lowest BCUT2D eigenvalue weighted by atomic mass is 9.58. The van der Waals surface area contributed by atoms with Crippen molar-refractivity contribution in [1.29, 1.82) is 0 Å². The number of rotatable bonds is 12. The van der Waals surface area contributed by atoms with Crippen molar-refractivity contribution in [1.82, 2.24) is 10.6 Å². The molecule has 44 heavy (non-hydrogen) atoms. The summed E-state index contributed by atoms with van der Waals surface area (Å²) in [4.78, 5) is 60.9. The number of carboxylic acids is 1. The van der Waals surface area contributed by atoms with Gasteiger partial charge in [-0.2, -0.15) is 0 Å². The number of hydrogen-bond acceptors (Lipinski definition) is 9. The number of nitrogens with one attached hydrogen (secondary N) is 2. The third-order valence-corrected chi connectivity index (χ3v) is 9.72. The lowest BCUT2D eigenvalue weighted by molar-refractivity contribution is -0.576. The normalized spacial score (nSPS) is 34.6. The van der Waals surface area contributed by atoms with E-state index in [9.17, 15) is 24.3 Å². The molecule has 1 spiro atoms. The molecule has 4 saturated heterocycles. The molecule has 1 aliphatic carbocycles.